The molecule has 6 nitrogen and oxygen atoms in total. The van der Waals surface area contributed by atoms with E-state index in [2.05, 4.69) is 22.7 Å². The van der Waals surface area contributed by atoms with Crippen LogP contribution in [0.3, 0.4) is 0 Å². The van der Waals surface area contributed by atoms with Gasteiger partial charge in [-0.05, 0) is 30.5 Å². The Kier molecular flexibility index (Phi) is 3.14. The molecule has 1 fully saturated rings. The fourth-order valence-electron chi connectivity index (χ4n) is 2.49. The van der Waals surface area contributed by atoms with Crippen LogP contribution in [0.5, 0.6) is 0 Å². The molecule has 1 saturated heterocycles. The summed E-state index contributed by atoms with van der Waals surface area (Å²) < 4.78 is 1.79. The van der Waals surface area contributed by atoms with Crippen molar-refractivity contribution >= 4 is 23.1 Å². The number of carbonyl (C=O) groups excluding carboxylic acids is 2. The minimum Gasteiger partial charge on any atom is -0.358 e. The van der Waals surface area contributed by atoms with Gasteiger partial charge in [0.2, 0.25) is 11.8 Å². The molecule has 2 amide bonds. The van der Waals surface area contributed by atoms with Gasteiger partial charge in [-0.15, -0.1) is 0 Å². The molecule has 3 rings (SSSR count). The number of amides is 2. The van der Waals surface area contributed by atoms with Gasteiger partial charge in [-0.3, -0.25) is 14.9 Å². The maximum absolute atomic E-state index is 11.8. The number of pyridine rings is 1. The summed E-state index contributed by atoms with van der Waals surface area (Å²) >= 11 is 0. The van der Waals surface area contributed by atoms with Gasteiger partial charge in [0.1, 0.15) is 11.9 Å². The van der Waals surface area contributed by atoms with Crippen molar-refractivity contribution in [2.75, 3.05) is 5.32 Å². The van der Waals surface area contributed by atoms with Crippen molar-refractivity contribution in [2.45, 2.75) is 32.2 Å². The molecule has 0 radical (unpaired) electrons. The van der Waals surface area contributed by atoms with Crippen LogP contribution in [0.25, 0.3) is 5.52 Å². The van der Waals surface area contributed by atoms with Gasteiger partial charge in [-0.1, -0.05) is 13.0 Å². The van der Waals surface area contributed by atoms with E-state index in [1.165, 1.54) is 5.56 Å². The molecule has 0 bridgehead atoms. The second kappa shape index (κ2) is 4.96. The minimum absolute atomic E-state index is 0.210. The molecule has 1 atom stereocenters. The van der Waals surface area contributed by atoms with Crippen LogP contribution < -0.4 is 10.6 Å². The lowest BCUT2D eigenvalue weighted by Crippen LogP contribution is -2.47. The molecular weight excluding hydrogens is 256 g/mol. The number of rotatable bonds is 3. The third-order valence-electron chi connectivity index (χ3n) is 3.58. The number of aromatic nitrogens is 2. The highest BCUT2D eigenvalue weighted by Crippen LogP contribution is 2.19. The quantitative estimate of drug-likeness (QED) is 0.821. The van der Waals surface area contributed by atoms with E-state index in [-0.39, 0.29) is 11.8 Å². The van der Waals surface area contributed by atoms with Crippen LogP contribution in [0, 0.1) is 0 Å². The lowest BCUT2D eigenvalue weighted by atomic mass is 10.1. The van der Waals surface area contributed by atoms with Gasteiger partial charge in [0.25, 0.3) is 0 Å². The first kappa shape index (κ1) is 12.7. The first-order valence-corrected chi connectivity index (χ1v) is 6.75. The Morgan fingerprint density at radius 3 is 3.00 bits per heavy atom. The second-order valence-corrected chi connectivity index (χ2v) is 4.87. The third kappa shape index (κ3) is 2.13. The van der Waals surface area contributed by atoms with E-state index in [4.69, 9.17) is 0 Å². The van der Waals surface area contributed by atoms with Crippen LogP contribution >= 0.6 is 0 Å². The zero-order valence-corrected chi connectivity index (χ0v) is 11.2. The van der Waals surface area contributed by atoms with E-state index in [1.54, 1.807) is 10.7 Å². The number of aryl methyl sites for hydroxylation is 1. The SMILES string of the molecule is CCc1ccc(NC2CCC(=O)NC2=O)n2nccc12. The Hall–Kier alpha value is -2.37. The molecule has 1 aliphatic heterocycles. The fraction of sp³-hybridized carbons (Fsp3) is 0.357. The Morgan fingerprint density at radius 2 is 2.25 bits per heavy atom. The van der Waals surface area contributed by atoms with Crippen LogP contribution in [0.4, 0.5) is 5.82 Å². The first-order valence-electron chi connectivity index (χ1n) is 6.75. The summed E-state index contributed by atoms with van der Waals surface area (Å²) in [4.78, 5) is 22.9. The van der Waals surface area contributed by atoms with Crippen molar-refractivity contribution < 1.29 is 9.59 Å². The zero-order chi connectivity index (χ0) is 14.1. The standard InChI is InChI=1S/C14H16N4O2/c1-2-9-3-5-12(18-11(9)7-8-15-18)16-10-4-6-13(19)17-14(10)20/h3,5,7-8,10,16H,2,4,6H2,1H3,(H,17,19,20). The molecule has 0 spiro atoms. The molecule has 0 aromatic carbocycles. The van der Waals surface area contributed by atoms with E-state index in [9.17, 15) is 9.59 Å². The molecule has 20 heavy (non-hydrogen) atoms. The number of fused-ring (bicyclic) bond motifs is 1. The molecule has 1 aliphatic rings. The number of hydrogen-bond acceptors (Lipinski definition) is 4. The average Bonchev–Trinajstić information content (AvgIpc) is 2.92. The summed E-state index contributed by atoms with van der Waals surface area (Å²) in [6.07, 6.45) is 3.53. The van der Waals surface area contributed by atoms with Gasteiger partial charge in [0.05, 0.1) is 11.7 Å². The summed E-state index contributed by atoms with van der Waals surface area (Å²) in [7, 11) is 0. The molecule has 3 heterocycles. The Bertz CT molecular complexity index is 677. The van der Waals surface area contributed by atoms with Crippen molar-refractivity contribution in [1.82, 2.24) is 14.9 Å². The number of piperidine rings is 1. The van der Waals surface area contributed by atoms with Gasteiger partial charge in [-0.25, -0.2) is 4.52 Å². The number of imide groups is 1. The van der Waals surface area contributed by atoms with Crippen LogP contribution in [0.2, 0.25) is 0 Å². The van der Waals surface area contributed by atoms with Crippen molar-refractivity contribution in [3.8, 4) is 0 Å². The highest BCUT2D eigenvalue weighted by atomic mass is 16.2. The minimum atomic E-state index is -0.396. The molecule has 104 valence electrons. The molecule has 1 unspecified atom stereocenters. The molecule has 0 saturated carbocycles. The van der Waals surface area contributed by atoms with Crippen LogP contribution in [-0.2, 0) is 16.0 Å². The second-order valence-electron chi connectivity index (χ2n) is 4.87. The molecule has 6 heteroatoms. The summed E-state index contributed by atoms with van der Waals surface area (Å²) in [6, 6.07) is 5.51. The Balaban J connectivity index is 1.90. The molecule has 2 N–H and O–H groups in total. The van der Waals surface area contributed by atoms with E-state index in [0.29, 0.717) is 12.8 Å². The monoisotopic (exact) mass is 272 g/mol. The average molecular weight is 272 g/mol. The van der Waals surface area contributed by atoms with Crippen molar-refractivity contribution in [3.63, 3.8) is 0 Å². The summed E-state index contributed by atoms with van der Waals surface area (Å²) in [6.45, 7) is 2.09. The first-order chi connectivity index (χ1) is 9.69. The van der Waals surface area contributed by atoms with E-state index >= 15 is 0 Å². The van der Waals surface area contributed by atoms with Crippen LogP contribution in [0.1, 0.15) is 25.3 Å². The smallest absolute Gasteiger partial charge is 0.249 e. The van der Waals surface area contributed by atoms with Gasteiger partial charge in [0.15, 0.2) is 0 Å². The highest BCUT2D eigenvalue weighted by molar-refractivity contribution is 6.01. The fourth-order valence-corrected chi connectivity index (χ4v) is 2.49. The summed E-state index contributed by atoms with van der Waals surface area (Å²) in [5, 5.41) is 9.80. The lowest BCUT2D eigenvalue weighted by Gasteiger charge is -2.23. The Morgan fingerprint density at radius 1 is 1.40 bits per heavy atom. The van der Waals surface area contributed by atoms with Crippen LogP contribution in [-0.4, -0.2) is 27.5 Å². The van der Waals surface area contributed by atoms with Crippen molar-refractivity contribution in [3.05, 3.63) is 30.0 Å². The summed E-state index contributed by atoms with van der Waals surface area (Å²) in [5.41, 5.74) is 2.24. The molecule has 2 aromatic rings. The molecule has 2 aromatic heterocycles. The van der Waals surface area contributed by atoms with Gasteiger partial charge in [0, 0.05) is 6.42 Å². The van der Waals surface area contributed by atoms with Crippen molar-refractivity contribution in [2.24, 2.45) is 0 Å². The van der Waals surface area contributed by atoms with Gasteiger partial charge in [-0.2, -0.15) is 5.10 Å². The zero-order valence-electron chi connectivity index (χ0n) is 11.2. The highest BCUT2D eigenvalue weighted by Gasteiger charge is 2.26. The largest absolute Gasteiger partial charge is 0.358 e. The van der Waals surface area contributed by atoms with Crippen molar-refractivity contribution in [1.29, 1.82) is 0 Å². The molecule has 0 aliphatic carbocycles. The normalized spacial score (nSPS) is 19.1. The number of hydrogen-bond donors (Lipinski definition) is 2. The topological polar surface area (TPSA) is 75.5 Å². The molecular formula is C14H16N4O2. The maximum atomic E-state index is 11.8. The number of anilines is 1. The van der Waals surface area contributed by atoms with E-state index in [0.717, 1.165) is 17.8 Å². The van der Waals surface area contributed by atoms with Crippen LogP contribution in [0.15, 0.2) is 24.4 Å². The lowest BCUT2D eigenvalue weighted by molar-refractivity contribution is -0.133. The van der Waals surface area contributed by atoms with E-state index < -0.39 is 6.04 Å². The van der Waals surface area contributed by atoms with Gasteiger partial charge >= 0.3 is 0 Å². The predicted molar refractivity (Wildman–Crippen MR) is 74.4 cm³/mol. The van der Waals surface area contributed by atoms with E-state index in [1.807, 2.05) is 18.2 Å². The third-order valence-corrected chi connectivity index (χ3v) is 3.58. The number of nitrogens with one attached hydrogen (secondary N) is 2. The maximum Gasteiger partial charge on any atom is 0.249 e. The summed E-state index contributed by atoms with van der Waals surface area (Å²) in [5.74, 6) is 0.274. The predicted octanol–water partition coefficient (Wildman–Crippen LogP) is 1.11. The number of nitrogens with zero attached hydrogens (tertiary/aromatic N) is 2. The Labute approximate surface area is 116 Å². The number of carbonyl (C=O) groups is 2. The van der Waals surface area contributed by atoms with Gasteiger partial charge < -0.3 is 5.32 Å².